The number of carbonyl (C=O) groups is 1. The average molecular weight is 239 g/mol. The minimum atomic E-state index is 0.0650. The fraction of sp³-hybridized carbons (Fsp3) is 0.923. The highest BCUT2D eigenvalue weighted by molar-refractivity contribution is 5.81. The normalized spacial score (nSPS) is 25.4. The number of carbonyl (C=O) groups excluding carboxylic acids is 1. The van der Waals surface area contributed by atoms with E-state index in [1.807, 2.05) is 0 Å². The zero-order valence-corrected chi connectivity index (χ0v) is 11.0. The molecule has 0 saturated carbocycles. The molecule has 4 heteroatoms. The van der Waals surface area contributed by atoms with Crippen molar-refractivity contribution >= 4 is 5.91 Å². The molecule has 0 aromatic carbocycles. The van der Waals surface area contributed by atoms with Gasteiger partial charge in [0.25, 0.3) is 0 Å². The van der Waals surface area contributed by atoms with Gasteiger partial charge in [-0.05, 0) is 19.8 Å². The lowest BCUT2D eigenvalue weighted by atomic mass is 10.2. The quantitative estimate of drug-likeness (QED) is 0.770. The number of nitrogens with zero attached hydrogens (tertiary/aromatic N) is 2. The van der Waals surface area contributed by atoms with Crippen LogP contribution in [0.15, 0.2) is 0 Å². The second-order valence-corrected chi connectivity index (χ2v) is 5.20. The first-order valence-corrected chi connectivity index (χ1v) is 7.02. The number of rotatable bonds is 2. The molecule has 1 atom stereocenters. The van der Waals surface area contributed by atoms with Crippen LogP contribution in [0.25, 0.3) is 0 Å². The third kappa shape index (κ3) is 3.42. The van der Waals surface area contributed by atoms with Crippen molar-refractivity contribution in [3.8, 4) is 0 Å². The van der Waals surface area contributed by atoms with Gasteiger partial charge in [-0.3, -0.25) is 9.69 Å². The van der Waals surface area contributed by atoms with Gasteiger partial charge in [0.15, 0.2) is 0 Å². The van der Waals surface area contributed by atoms with Gasteiger partial charge in [-0.25, -0.2) is 0 Å². The maximum absolute atomic E-state index is 12.4. The first kappa shape index (κ1) is 12.8. The summed E-state index contributed by atoms with van der Waals surface area (Å²) in [6.07, 6.45) is 4.93. The molecule has 2 saturated heterocycles. The van der Waals surface area contributed by atoms with Gasteiger partial charge in [0.1, 0.15) is 0 Å². The Bertz CT molecular complexity index is 243. The summed E-state index contributed by atoms with van der Waals surface area (Å²) in [5.41, 5.74) is 0. The Kier molecular flexibility index (Phi) is 4.80. The molecule has 98 valence electrons. The molecule has 0 aromatic heterocycles. The minimum absolute atomic E-state index is 0.0650. The summed E-state index contributed by atoms with van der Waals surface area (Å²) in [4.78, 5) is 16.8. The summed E-state index contributed by atoms with van der Waals surface area (Å²) in [5.74, 6) is 0.341. The van der Waals surface area contributed by atoms with Crippen molar-refractivity contribution in [1.29, 1.82) is 0 Å². The molecule has 0 aliphatic carbocycles. The van der Waals surface area contributed by atoms with E-state index in [1.54, 1.807) is 0 Å². The van der Waals surface area contributed by atoms with Gasteiger partial charge in [-0.1, -0.05) is 12.8 Å². The summed E-state index contributed by atoms with van der Waals surface area (Å²) < 4.78 is 0. The van der Waals surface area contributed by atoms with E-state index in [1.165, 1.54) is 25.7 Å². The molecule has 0 radical (unpaired) electrons. The molecule has 0 aromatic rings. The highest BCUT2D eigenvalue weighted by Gasteiger charge is 2.26. The second kappa shape index (κ2) is 6.36. The molecule has 17 heavy (non-hydrogen) atoms. The molecular formula is C13H25N3O. The first-order valence-electron chi connectivity index (χ1n) is 7.02. The van der Waals surface area contributed by atoms with E-state index in [9.17, 15) is 4.79 Å². The van der Waals surface area contributed by atoms with Crippen molar-refractivity contribution in [1.82, 2.24) is 15.1 Å². The lowest BCUT2D eigenvalue weighted by Crippen LogP contribution is -2.53. The van der Waals surface area contributed by atoms with E-state index in [4.69, 9.17) is 0 Å². The molecular weight excluding hydrogens is 214 g/mol. The van der Waals surface area contributed by atoms with Crippen molar-refractivity contribution in [2.75, 3.05) is 39.3 Å². The Morgan fingerprint density at radius 3 is 2.18 bits per heavy atom. The van der Waals surface area contributed by atoms with E-state index in [2.05, 4.69) is 22.0 Å². The van der Waals surface area contributed by atoms with Gasteiger partial charge in [0.05, 0.1) is 6.04 Å². The zero-order valence-electron chi connectivity index (χ0n) is 11.0. The van der Waals surface area contributed by atoms with Crippen molar-refractivity contribution in [3.63, 3.8) is 0 Å². The van der Waals surface area contributed by atoms with Crippen LogP contribution in [-0.4, -0.2) is 61.0 Å². The Labute approximate surface area is 104 Å². The van der Waals surface area contributed by atoms with Crippen LogP contribution in [0.4, 0.5) is 0 Å². The van der Waals surface area contributed by atoms with Gasteiger partial charge >= 0.3 is 0 Å². The third-order valence-electron chi connectivity index (χ3n) is 3.97. The Balaban J connectivity index is 1.88. The molecule has 4 nitrogen and oxygen atoms in total. The van der Waals surface area contributed by atoms with Crippen LogP contribution in [-0.2, 0) is 4.79 Å². The van der Waals surface area contributed by atoms with Crippen LogP contribution >= 0.6 is 0 Å². The predicted molar refractivity (Wildman–Crippen MR) is 69.0 cm³/mol. The molecule has 1 N–H and O–H groups in total. The van der Waals surface area contributed by atoms with Crippen LogP contribution in [0.5, 0.6) is 0 Å². The summed E-state index contributed by atoms with van der Waals surface area (Å²) in [5, 5.41) is 3.33. The molecule has 2 aliphatic rings. The molecule has 2 rings (SSSR count). The first-order chi connectivity index (χ1) is 8.29. The molecule has 2 aliphatic heterocycles. The summed E-state index contributed by atoms with van der Waals surface area (Å²) in [6.45, 7) is 8.03. The van der Waals surface area contributed by atoms with Gasteiger partial charge in [-0.2, -0.15) is 0 Å². The van der Waals surface area contributed by atoms with E-state index >= 15 is 0 Å². The van der Waals surface area contributed by atoms with Gasteiger partial charge in [0.2, 0.25) is 5.91 Å². The van der Waals surface area contributed by atoms with Crippen molar-refractivity contribution in [3.05, 3.63) is 0 Å². The number of hydrogen-bond acceptors (Lipinski definition) is 3. The number of amides is 1. The largest absolute Gasteiger partial charge is 0.341 e. The van der Waals surface area contributed by atoms with Crippen LogP contribution in [0, 0.1) is 0 Å². The van der Waals surface area contributed by atoms with E-state index in [-0.39, 0.29) is 6.04 Å². The van der Waals surface area contributed by atoms with Gasteiger partial charge in [0, 0.05) is 39.3 Å². The highest BCUT2D eigenvalue weighted by Crippen LogP contribution is 2.13. The Morgan fingerprint density at radius 1 is 1.00 bits per heavy atom. The Hall–Kier alpha value is -0.610. The van der Waals surface area contributed by atoms with Gasteiger partial charge < -0.3 is 10.2 Å². The summed E-state index contributed by atoms with van der Waals surface area (Å²) in [6, 6.07) is 0.0650. The fourth-order valence-corrected chi connectivity index (χ4v) is 2.78. The highest BCUT2D eigenvalue weighted by atomic mass is 16.2. The van der Waals surface area contributed by atoms with Crippen LogP contribution < -0.4 is 5.32 Å². The smallest absolute Gasteiger partial charge is 0.239 e. The van der Waals surface area contributed by atoms with Gasteiger partial charge in [-0.15, -0.1) is 0 Å². The topological polar surface area (TPSA) is 35.6 Å². The Morgan fingerprint density at radius 2 is 1.59 bits per heavy atom. The lowest BCUT2D eigenvalue weighted by Gasteiger charge is -2.34. The van der Waals surface area contributed by atoms with Crippen LogP contribution in [0.1, 0.15) is 32.6 Å². The van der Waals surface area contributed by atoms with Crippen LogP contribution in [0.2, 0.25) is 0 Å². The molecule has 1 amide bonds. The maximum Gasteiger partial charge on any atom is 0.239 e. The summed E-state index contributed by atoms with van der Waals surface area (Å²) >= 11 is 0. The van der Waals surface area contributed by atoms with E-state index in [0.29, 0.717) is 5.91 Å². The van der Waals surface area contributed by atoms with Crippen molar-refractivity contribution in [2.24, 2.45) is 0 Å². The number of hydrogen-bond donors (Lipinski definition) is 1. The van der Waals surface area contributed by atoms with E-state index < -0.39 is 0 Å². The van der Waals surface area contributed by atoms with E-state index in [0.717, 1.165) is 39.3 Å². The number of piperazine rings is 1. The number of likely N-dealkylation sites (tertiary alicyclic amines) is 1. The standard InChI is InChI=1S/C13H25N3O/c1-12(15-10-6-14-7-11-15)13(17)16-8-4-2-3-5-9-16/h12,14H,2-11H2,1H3/t12-/m1/s1. The predicted octanol–water partition coefficient (Wildman–Crippen LogP) is 0.683. The minimum Gasteiger partial charge on any atom is -0.341 e. The number of nitrogens with one attached hydrogen (secondary N) is 1. The maximum atomic E-state index is 12.4. The van der Waals surface area contributed by atoms with Crippen molar-refractivity contribution in [2.45, 2.75) is 38.6 Å². The summed E-state index contributed by atoms with van der Waals surface area (Å²) in [7, 11) is 0. The molecule has 2 fully saturated rings. The third-order valence-corrected chi connectivity index (χ3v) is 3.97. The SMILES string of the molecule is C[C@H](C(=O)N1CCCCCC1)N1CCNCC1. The molecule has 0 bridgehead atoms. The second-order valence-electron chi connectivity index (χ2n) is 5.20. The molecule has 2 heterocycles. The monoisotopic (exact) mass is 239 g/mol. The average Bonchev–Trinajstić information content (AvgIpc) is 2.67. The fourth-order valence-electron chi connectivity index (χ4n) is 2.78. The van der Waals surface area contributed by atoms with Crippen molar-refractivity contribution < 1.29 is 4.79 Å². The zero-order chi connectivity index (χ0) is 12.1. The lowest BCUT2D eigenvalue weighted by molar-refractivity contribution is -0.136. The molecule has 0 unspecified atom stereocenters. The van der Waals surface area contributed by atoms with Crippen LogP contribution in [0.3, 0.4) is 0 Å². The molecule has 0 spiro atoms.